The first-order valence-electron chi connectivity index (χ1n) is 6.47. The minimum atomic E-state index is -0.0793. The maximum atomic E-state index is 12.6. The number of carbonyl (C=O) groups is 1. The number of likely N-dealkylation sites (tertiary alicyclic amines) is 1. The van der Waals surface area contributed by atoms with Crippen molar-refractivity contribution in [3.05, 3.63) is 33.1 Å². The third-order valence-electron chi connectivity index (χ3n) is 3.70. The molecule has 1 aliphatic rings. The molecule has 0 N–H and O–H groups in total. The van der Waals surface area contributed by atoms with Gasteiger partial charge < -0.3 is 9.47 Å². The third-order valence-corrected chi connectivity index (χ3v) is 4.77. The van der Waals surface area contributed by atoms with Crippen molar-refractivity contribution >= 4 is 27.3 Å². The summed E-state index contributed by atoms with van der Waals surface area (Å²) in [6.07, 6.45) is 3.88. The van der Waals surface area contributed by atoms with E-state index in [1.54, 1.807) is 13.2 Å². The number of carbonyl (C=O) groups excluding carboxylic acids is 1. The smallest absolute Gasteiger partial charge is 0.259 e. The lowest BCUT2D eigenvalue weighted by atomic mass is 10.1. The predicted octanol–water partition coefficient (Wildman–Crippen LogP) is 2.14. The van der Waals surface area contributed by atoms with Gasteiger partial charge in [-0.1, -0.05) is 0 Å². The number of amides is 1. The fraction of sp³-hybridized carbons (Fsp3) is 0.429. The highest BCUT2D eigenvalue weighted by molar-refractivity contribution is 7.19. The number of aromatic nitrogens is 1. The van der Waals surface area contributed by atoms with Crippen LogP contribution in [0.25, 0.3) is 10.1 Å². The van der Waals surface area contributed by atoms with Crippen LogP contribution in [0.3, 0.4) is 0 Å². The molecule has 0 spiro atoms. The van der Waals surface area contributed by atoms with E-state index in [0.717, 1.165) is 35.5 Å². The minimum Gasteiger partial charge on any atom is -0.339 e. The highest BCUT2D eigenvalue weighted by atomic mass is 32.1. The van der Waals surface area contributed by atoms with Crippen LogP contribution in [-0.4, -0.2) is 28.5 Å². The molecule has 1 saturated heterocycles. The van der Waals surface area contributed by atoms with Crippen molar-refractivity contribution in [3.63, 3.8) is 0 Å². The van der Waals surface area contributed by atoms with E-state index in [4.69, 9.17) is 0 Å². The van der Waals surface area contributed by atoms with E-state index >= 15 is 0 Å². The summed E-state index contributed by atoms with van der Waals surface area (Å²) >= 11 is 1.53. The second kappa shape index (κ2) is 4.49. The van der Waals surface area contributed by atoms with E-state index < -0.39 is 0 Å². The van der Waals surface area contributed by atoms with Gasteiger partial charge in [0.05, 0.1) is 10.9 Å². The molecule has 0 saturated carbocycles. The summed E-state index contributed by atoms with van der Waals surface area (Å²) < 4.78 is 2.44. The van der Waals surface area contributed by atoms with E-state index in [9.17, 15) is 9.59 Å². The molecule has 2 aromatic heterocycles. The Labute approximate surface area is 115 Å². The fourth-order valence-corrected chi connectivity index (χ4v) is 3.70. The summed E-state index contributed by atoms with van der Waals surface area (Å²) in [7, 11) is 1.72. The zero-order chi connectivity index (χ0) is 13.6. The lowest BCUT2D eigenvalue weighted by molar-refractivity contribution is 0.0794. The number of rotatable bonds is 1. The number of aryl methyl sites for hydroxylation is 2. The van der Waals surface area contributed by atoms with Crippen LogP contribution in [-0.2, 0) is 7.05 Å². The van der Waals surface area contributed by atoms with Crippen molar-refractivity contribution in [2.75, 3.05) is 13.1 Å². The van der Waals surface area contributed by atoms with Crippen LogP contribution in [0, 0.1) is 6.92 Å². The molecule has 2 aromatic rings. The number of hydrogen-bond donors (Lipinski definition) is 0. The summed E-state index contributed by atoms with van der Waals surface area (Å²) in [6.45, 7) is 3.54. The van der Waals surface area contributed by atoms with Gasteiger partial charge in [0.25, 0.3) is 11.5 Å². The van der Waals surface area contributed by atoms with E-state index in [2.05, 4.69) is 0 Å². The molecule has 100 valence electrons. The monoisotopic (exact) mass is 276 g/mol. The summed E-state index contributed by atoms with van der Waals surface area (Å²) in [5, 5.41) is 0.587. The molecule has 4 nitrogen and oxygen atoms in total. The second-order valence-corrected chi connectivity index (χ2v) is 6.26. The highest BCUT2D eigenvalue weighted by Gasteiger charge is 2.25. The normalized spacial score (nSPS) is 15.4. The molecule has 0 unspecified atom stereocenters. The SMILES string of the molecule is Cc1sc2ccn(C)c(=O)c2c1C(=O)N1CCCC1. The maximum absolute atomic E-state index is 12.6. The molecule has 0 bridgehead atoms. The number of nitrogens with zero attached hydrogens (tertiary/aromatic N) is 2. The topological polar surface area (TPSA) is 42.3 Å². The number of thiophene rings is 1. The minimum absolute atomic E-state index is 0.0181. The Hall–Kier alpha value is -1.62. The van der Waals surface area contributed by atoms with Crippen molar-refractivity contribution < 1.29 is 4.79 Å². The number of fused-ring (bicyclic) bond motifs is 1. The molecular weight excluding hydrogens is 260 g/mol. The summed E-state index contributed by atoms with van der Waals surface area (Å²) in [5.74, 6) is 0.0181. The Bertz CT molecular complexity index is 708. The van der Waals surface area contributed by atoms with E-state index in [1.165, 1.54) is 15.9 Å². The largest absolute Gasteiger partial charge is 0.339 e. The average Bonchev–Trinajstić information content (AvgIpc) is 3.00. The van der Waals surface area contributed by atoms with E-state index in [-0.39, 0.29) is 11.5 Å². The standard InChI is InChI=1S/C14H16N2O2S/c1-9-11(14(18)16-6-3-4-7-16)12-10(19-9)5-8-15(2)13(12)17/h5,8H,3-4,6-7H2,1-2H3. The maximum Gasteiger partial charge on any atom is 0.259 e. The van der Waals surface area contributed by atoms with Crippen molar-refractivity contribution in [1.29, 1.82) is 0 Å². The van der Waals surface area contributed by atoms with Crippen LogP contribution in [0.15, 0.2) is 17.1 Å². The Morgan fingerprint density at radius 2 is 2.00 bits per heavy atom. The summed E-state index contributed by atoms with van der Waals surface area (Å²) in [6, 6.07) is 1.91. The lowest BCUT2D eigenvalue weighted by Crippen LogP contribution is -2.29. The van der Waals surface area contributed by atoms with Crippen LogP contribution in [0.4, 0.5) is 0 Å². The molecule has 0 aromatic carbocycles. The molecular formula is C14H16N2O2S. The van der Waals surface area contributed by atoms with Gasteiger partial charge in [-0.25, -0.2) is 0 Å². The van der Waals surface area contributed by atoms with Crippen LogP contribution in [0.5, 0.6) is 0 Å². The second-order valence-electron chi connectivity index (χ2n) is 5.00. The van der Waals surface area contributed by atoms with Gasteiger partial charge in [0, 0.05) is 35.9 Å². The Kier molecular flexibility index (Phi) is 2.93. The summed E-state index contributed by atoms with van der Waals surface area (Å²) in [5.41, 5.74) is 0.535. The molecule has 19 heavy (non-hydrogen) atoms. The van der Waals surface area contributed by atoms with Crippen molar-refractivity contribution in [2.45, 2.75) is 19.8 Å². The van der Waals surface area contributed by atoms with Crippen molar-refractivity contribution in [3.8, 4) is 0 Å². The van der Waals surface area contributed by atoms with Crippen molar-refractivity contribution in [2.24, 2.45) is 7.05 Å². The Morgan fingerprint density at radius 3 is 2.68 bits per heavy atom. The van der Waals surface area contributed by atoms with E-state index in [1.807, 2.05) is 17.9 Å². The average molecular weight is 276 g/mol. The van der Waals surface area contributed by atoms with Crippen LogP contribution in [0.1, 0.15) is 28.1 Å². The summed E-state index contributed by atoms with van der Waals surface area (Å²) in [4.78, 5) is 27.7. The molecule has 0 radical (unpaired) electrons. The molecule has 1 fully saturated rings. The first-order chi connectivity index (χ1) is 9.09. The molecule has 0 aliphatic carbocycles. The van der Waals surface area contributed by atoms with Gasteiger partial charge in [-0.15, -0.1) is 11.3 Å². The third kappa shape index (κ3) is 1.89. The van der Waals surface area contributed by atoms with Crippen LogP contribution in [0.2, 0.25) is 0 Å². The molecule has 0 atom stereocenters. The zero-order valence-corrected chi connectivity index (χ0v) is 11.9. The van der Waals surface area contributed by atoms with E-state index in [0.29, 0.717) is 10.9 Å². The lowest BCUT2D eigenvalue weighted by Gasteiger charge is -2.15. The van der Waals surface area contributed by atoms with Gasteiger partial charge in [-0.3, -0.25) is 9.59 Å². The highest BCUT2D eigenvalue weighted by Crippen LogP contribution is 2.30. The van der Waals surface area contributed by atoms with Gasteiger partial charge in [0.2, 0.25) is 0 Å². The molecule has 3 heterocycles. The Balaban J connectivity index is 2.22. The van der Waals surface area contributed by atoms with Crippen molar-refractivity contribution in [1.82, 2.24) is 9.47 Å². The molecule has 3 rings (SSSR count). The van der Waals surface area contributed by atoms with Gasteiger partial charge in [0.15, 0.2) is 0 Å². The fourth-order valence-electron chi connectivity index (χ4n) is 2.66. The predicted molar refractivity (Wildman–Crippen MR) is 76.9 cm³/mol. The first kappa shape index (κ1) is 12.4. The van der Waals surface area contributed by atoms with Gasteiger partial charge in [-0.05, 0) is 25.8 Å². The molecule has 1 amide bonds. The quantitative estimate of drug-likeness (QED) is 0.801. The number of hydrogen-bond acceptors (Lipinski definition) is 3. The Morgan fingerprint density at radius 1 is 1.32 bits per heavy atom. The van der Waals surface area contributed by atoms with Crippen LogP contribution >= 0.6 is 11.3 Å². The van der Waals surface area contributed by atoms with Crippen LogP contribution < -0.4 is 5.56 Å². The van der Waals surface area contributed by atoms with Gasteiger partial charge in [-0.2, -0.15) is 0 Å². The molecule has 5 heteroatoms. The van der Waals surface area contributed by atoms with Gasteiger partial charge in [0.1, 0.15) is 0 Å². The zero-order valence-electron chi connectivity index (χ0n) is 11.1. The first-order valence-corrected chi connectivity index (χ1v) is 7.29. The van der Waals surface area contributed by atoms with Gasteiger partial charge >= 0.3 is 0 Å². The molecule has 1 aliphatic heterocycles. The number of pyridine rings is 1.